The molecule has 4 heteroatoms. The average Bonchev–Trinajstić information content (AvgIpc) is 2.95. The van der Waals surface area contributed by atoms with Gasteiger partial charge in [-0.25, -0.2) is 4.98 Å². The molecule has 0 saturated carbocycles. The Morgan fingerprint density at radius 1 is 1.00 bits per heavy atom. The highest BCUT2D eigenvalue weighted by Crippen LogP contribution is 2.41. The third-order valence-corrected chi connectivity index (χ3v) is 4.42. The summed E-state index contributed by atoms with van der Waals surface area (Å²) in [6, 6.07) is 17.1. The summed E-state index contributed by atoms with van der Waals surface area (Å²) in [5, 5.41) is 0.669. The van der Waals surface area contributed by atoms with E-state index in [4.69, 9.17) is 5.73 Å². The van der Waals surface area contributed by atoms with E-state index < -0.39 is 0 Å². The zero-order valence-corrected chi connectivity index (χ0v) is 13.8. The Labute approximate surface area is 138 Å². The third kappa shape index (κ3) is 2.13. The van der Waals surface area contributed by atoms with E-state index in [1.54, 1.807) is 11.3 Å². The fourth-order valence-corrected chi connectivity index (χ4v) is 3.52. The van der Waals surface area contributed by atoms with Crippen LogP contribution in [0.3, 0.4) is 0 Å². The van der Waals surface area contributed by atoms with Crippen molar-refractivity contribution in [2.75, 3.05) is 5.73 Å². The molecule has 1 heterocycles. The maximum absolute atomic E-state index is 5.77. The molecule has 1 aliphatic carbocycles. The van der Waals surface area contributed by atoms with Gasteiger partial charge in [0.25, 0.3) is 0 Å². The minimum absolute atomic E-state index is 0. The SMILES string of the molecule is I.Nc1nc2c(s1)Cc1cc(-c3ccccc3)ccc1-2. The molecular formula is C16H13IN2S. The van der Waals surface area contributed by atoms with E-state index >= 15 is 0 Å². The standard InChI is InChI=1S/C16H12N2S.HI/c17-16-18-15-13-7-6-11(10-4-2-1-3-5-10)8-12(13)9-14(15)19-16;/h1-8H,9H2,(H2,17,18);1H. The highest BCUT2D eigenvalue weighted by molar-refractivity contribution is 14.0. The second-order valence-electron chi connectivity index (χ2n) is 4.74. The van der Waals surface area contributed by atoms with Crippen LogP contribution < -0.4 is 5.73 Å². The Bertz CT molecular complexity index is 765. The van der Waals surface area contributed by atoms with Gasteiger partial charge in [0.1, 0.15) is 0 Å². The number of rotatable bonds is 1. The number of halogens is 1. The van der Waals surface area contributed by atoms with Crippen molar-refractivity contribution in [1.82, 2.24) is 4.98 Å². The number of aromatic nitrogens is 1. The van der Waals surface area contributed by atoms with Crippen LogP contribution in [0.2, 0.25) is 0 Å². The summed E-state index contributed by atoms with van der Waals surface area (Å²) >= 11 is 1.60. The first-order valence-corrected chi connectivity index (χ1v) is 7.07. The predicted octanol–water partition coefficient (Wildman–Crippen LogP) is 4.58. The lowest BCUT2D eigenvalue weighted by Gasteiger charge is -2.05. The van der Waals surface area contributed by atoms with Crippen molar-refractivity contribution in [2.24, 2.45) is 0 Å². The van der Waals surface area contributed by atoms with Crippen LogP contribution in [-0.2, 0) is 6.42 Å². The molecule has 20 heavy (non-hydrogen) atoms. The minimum atomic E-state index is 0. The molecule has 2 N–H and O–H groups in total. The molecule has 1 aliphatic rings. The molecule has 0 aliphatic heterocycles. The van der Waals surface area contributed by atoms with Gasteiger partial charge in [-0.1, -0.05) is 48.5 Å². The van der Waals surface area contributed by atoms with E-state index in [-0.39, 0.29) is 24.0 Å². The van der Waals surface area contributed by atoms with E-state index in [9.17, 15) is 0 Å². The smallest absolute Gasteiger partial charge is 0.180 e. The Balaban J connectivity index is 0.00000121. The number of benzene rings is 2. The van der Waals surface area contributed by atoms with Crippen LogP contribution in [0.15, 0.2) is 48.5 Å². The fourth-order valence-electron chi connectivity index (χ4n) is 2.65. The van der Waals surface area contributed by atoms with Gasteiger partial charge >= 0.3 is 0 Å². The number of anilines is 1. The van der Waals surface area contributed by atoms with Crippen molar-refractivity contribution >= 4 is 40.4 Å². The van der Waals surface area contributed by atoms with E-state index in [0.717, 1.165) is 12.1 Å². The van der Waals surface area contributed by atoms with Crippen molar-refractivity contribution in [1.29, 1.82) is 0 Å². The van der Waals surface area contributed by atoms with Crippen LogP contribution in [0.4, 0.5) is 5.13 Å². The molecule has 2 aromatic carbocycles. The van der Waals surface area contributed by atoms with E-state index in [2.05, 4.69) is 47.4 Å². The zero-order valence-electron chi connectivity index (χ0n) is 10.7. The van der Waals surface area contributed by atoms with Crippen LogP contribution in [-0.4, -0.2) is 4.98 Å². The molecule has 0 saturated heterocycles. The van der Waals surface area contributed by atoms with Gasteiger partial charge in [0.15, 0.2) is 5.13 Å². The minimum Gasteiger partial charge on any atom is -0.375 e. The Morgan fingerprint density at radius 2 is 1.80 bits per heavy atom. The van der Waals surface area contributed by atoms with E-state index in [1.165, 1.54) is 27.1 Å². The van der Waals surface area contributed by atoms with E-state index in [1.807, 2.05) is 6.07 Å². The predicted molar refractivity (Wildman–Crippen MR) is 95.6 cm³/mol. The summed E-state index contributed by atoms with van der Waals surface area (Å²) in [6.07, 6.45) is 0.959. The summed E-state index contributed by atoms with van der Waals surface area (Å²) in [6.45, 7) is 0. The quantitative estimate of drug-likeness (QED) is 0.482. The molecule has 1 aromatic heterocycles. The molecule has 0 amide bonds. The third-order valence-electron chi connectivity index (χ3n) is 3.53. The van der Waals surface area contributed by atoms with Gasteiger partial charge < -0.3 is 5.73 Å². The number of nitrogen functional groups attached to an aromatic ring is 1. The molecule has 0 unspecified atom stereocenters. The molecular weight excluding hydrogens is 379 g/mol. The van der Waals surface area contributed by atoms with Crippen molar-refractivity contribution in [3.05, 3.63) is 59.0 Å². The van der Waals surface area contributed by atoms with Crippen molar-refractivity contribution in [2.45, 2.75) is 6.42 Å². The summed E-state index contributed by atoms with van der Waals surface area (Å²) < 4.78 is 0. The molecule has 0 bridgehead atoms. The van der Waals surface area contributed by atoms with Crippen LogP contribution in [0.5, 0.6) is 0 Å². The normalized spacial score (nSPS) is 11.6. The highest BCUT2D eigenvalue weighted by Gasteiger charge is 2.22. The van der Waals surface area contributed by atoms with Crippen LogP contribution in [0.25, 0.3) is 22.4 Å². The maximum atomic E-state index is 5.77. The van der Waals surface area contributed by atoms with Crippen LogP contribution in [0.1, 0.15) is 10.4 Å². The van der Waals surface area contributed by atoms with Crippen molar-refractivity contribution in [3.8, 4) is 22.4 Å². The topological polar surface area (TPSA) is 38.9 Å². The Hall–Kier alpha value is -1.40. The lowest BCUT2D eigenvalue weighted by molar-refractivity contribution is 1.31. The number of hydrogen-bond acceptors (Lipinski definition) is 3. The first-order chi connectivity index (χ1) is 9.31. The van der Waals surface area contributed by atoms with Gasteiger partial charge in [-0.3, -0.25) is 0 Å². The molecule has 0 atom stereocenters. The Kier molecular flexibility index (Phi) is 3.52. The van der Waals surface area contributed by atoms with Gasteiger partial charge in [-0.2, -0.15) is 0 Å². The second-order valence-corrected chi connectivity index (χ2v) is 5.85. The van der Waals surface area contributed by atoms with Gasteiger partial charge in [0.05, 0.1) is 5.69 Å². The van der Waals surface area contributed by atoms with E-state index in [0.29, 0.717) is 5.13 Å². The van der Waals surface area contributed by atoms with Gasteiger partial charge in [-0.15, -0.1) is 35.3 Å². The fraction of sp³-hybridized carbons (Fsp3) is 0.0625. The summed E-state index contributed by atoms with van der Waals surface area (Å²) in [7, 11) is 0. The molecule has 100 valence electrons. The number of fused-ring (bicyclic) bond motifs is 3. The van der Waals surface area contributed by atoms with Crippen molar-refractivity contribution in [3.63, 3.8) is 0 Å². The van der Waals surface area contributed by atoms with Gasteiger partial charge in [0, 0.05) is 16.9 Å². The first-order valence-electron chi connectivity index (χ1n) is 6.25. The molecule has 0 fully saturated rings. The second kappa shape index (κ2) is 5.18. The average molecular weight is 392 g/mol. The lowest BCUT2D eigenvalue weighted by Crippen LogP contribution is -1.86. The van der Waals surface area contributed by atoms with Crippen molar-refractivity contribution < 1.29 is 0 Å². The largest absolute Gasteiger partial charge is 0.375 e. The number of thiazole rings is 1. The Morgan fingerprint density at radius 3 is 2.60 bits per heavy atom. The molecule has 3 aromatic rings. The zero-order chi connectivity index (χ0) is 12.8. The first kappa shape index (κ1) is 13.6. The summed E-state index contributed by atoms with van der Waals surface area (Å²) in [5.74, 6) is 0. The highest BCUT2D eigenvalue weighted by atomic mass is 127. The number of nitrogens with two attached hydrogens (primary N) is 1. The molecule has 2 nitrogen and oxygen atoms in total. The lowest BCUT2D eigenvalue weighted by atomic mass is 10.0. The monoisotopic (exact) mass is 392 g/mol. The number of hydrogen-bond donors (Lipinski definition) is 1. The molecule has 0 radical (unpaired) electrons. The number of nitrogens with zero attached hydrogens (tertiary/aromatic N) is 1. The van der Waals surface area contributed by atoms with Gasteiger partial charge in [-0.05, 0) is 16.7 Å². The summed E-state index contributed by atoms with van der Waals surface area (Å²) in [5.41, 5.74) is 12.0. The van der Waals surface area contributed by atoms with Crippen LogP contribution >= 0.6 is 35.3 Å². The maximum Gasteiger partial charge on any atom is 0.180 e. The molecule has 0 spiro atoms. The van der Waals surface area contributed by atoms with Gasteiger partial charge in [0.2, 0.25) is 0 Å². The summed E-state index contributed by atoms with van der Waals surface area (Å²) in [4.78, 5) is 5.72. The molecule has 4 rings (SSSR count). The van der Waals surface area contributed by atoms with Crippen LogP contribution in [0, 0.1) is 0 Å².